The van der Waals surface area contributed by atoms with Crippen LogP contribution in [0.15, 0.2) is 47.6 Å². The van der Waals surface area contributed by atoms with Crippen LogP contribution in [0.2, 0.25) is 0 Å². The first-order chi connectivity index (χ1) is 16.2. The molecule has 0 bridgehead atoms. The van der Waals surface area contributed by atoms with E-state index in [0.717, 1.165) is 40.9 Å². The van der Waals surface area contributed by atoms with Gasteiger partial charge in [-0.2, -0.15) is 0 Å². The van der Waals surface area contributed by atoms with Gasteiger partial charge in [0.25, 0.3) is 0 Å². The first kappa shape index (κ1) is 23.3. The summed E-state index contributed by atoms with van der Waals surface area (Å²) in [5, 5.41) is 10.1. The van der Waals surface area contributed by atoms with E-state index in [1.54, 1.807) is 33.1 Å². The molecule has 4 rings (SSSR count). The number of hydrogen-bond donors (Lipinski definition) is 0. The van der Waals surface area contributed by atoms with Crippen LogP contribution in [0, 0.1) is 0 Å². The largest absolute Gasteiger partial charge is 0.493 e. The van der Waals surface area contributed by atoms with E-state index in [9.17, 15) is 0 Å². The Kier molecular flexibility index (Phi) is 7.99. The van der Waals surface area contributed by atoms with E-state index >= 15 is 0 Å². The third kappa shape index (κ3) is 5.38. The number of aromatic nitrogens is 3. The molecule has 1 saturated carbocycles. The van der Waals surface area contributed by atoms with Crippen molar-refractivity contribution < 1.29 is 18.9 Å². The number of benzene rings is 2. The topological polar surface area (TPSA) is 67.6 Å². The molecule has 1 aliphatic rings. The summed E-state index contributed by atoms with van der Waals surface area (Å²) in [7, 11) is 4.86. The summed E-state index contributed by atoms with van der Waals surface area (Å²) in [6, 6.07) is 14.1. The molecule has 1 aromatic heterocycles. The Labute approximate surface area is 199 Å². The Morgan fingerprint density at radius 1 is 0.909 bits per heavy atom. The van der Waals surface area contributed by atoms with Crippen LogP contribution in [-0.2, 0) is 0 Å². The van der Waals surface area contributed by atoms with Gasteiger partial charge in [0.05, 0.1) is 27.9 Å². The van der Waals surface area contributed by atoms with Crippen molar-refractivity contribution in [3.05, 3.63) is 42.5 Å². The molecule has 7 nitrogen and oxygen atoms in total. The van der Waals surface area contributed by atoms with Gasteiger partial charge in [0.15, 0.2) is 22.5 Å². The lowest BCUT2D eigenvalue weighted by atomic mass is 9.95. The average Bonchev–Trinajstić information content (AvgIpc) is 3.30. The van der Waals surface area contributed by atoms with E-state index in [1.165, 1.54) is 19.3 Å². The second-order valence-electron chi connectivity index (χ2n) is 7.89. The van der Waals surface area contributed by atoms with Crippen LogP contribution in [0.3, 0.4) is 0 Å². The highest BCUT2D eigenvalue weighted by Crippen LogP contribution is 2.43. The van der Waals surface area contributed by atoms with E-state index < -0.39 is 0 Å². The monoisotopic (exact) mass is 469 g/mol. The highest BCUT2D eigenvalue weighted by molar-refractivity contribution is 7.99. The maximum absolute atomic E-state index is 5.87. The zero-order valence-corrected chi connectivity index (χ0v) is 20.3. The summed E-state index contributed by atoms with van der Waals surface area (Å²) < 4.78 is 24.8. The van der Waals surface area contributed by atoms with E-state index in [1.807, 2.05) is 42.5 Å². The number of methoxy groups -OCH3 is 3. The van der Waals surface area contributed by atoms with Crippen molar-refractivity contribution in [3.63, 3.8) is 0 Å². The predicted molar refractivity (Wildman–Crippen MR) is 130 cm³/mol. The summed E-state index contributed by atoms with van der Waals surface area (Å²) in [5.41, 5.74) is 0.898. The molecule has 0 saturated heterocycles. The Hall–Kier alpha value is -2.87. The molecule has 0 spiro atoms. The third-order valence-corrected chi connectivity index (χ3v) is 6.76. The Morgan fingerprint density at radius 3 is 2.24 bits per heavy atom. The molecule has 1 aliphatic carbocycles. The molecule has 2 aromatic carbocycles. The standard InChI is InChI=1S/C25H31N3O4S/c1-29-21-16-18(17-22(30-2)23(21)31-3)24-26-27-25(28(24)19-10-6-4-7-11-19)33-15-14-32-20-12-8-5-9-13-20/h5,8-9,12-13,16-17,19H,4,6-7,10-11,14-15H2,1-3H3. The number of para-hydroxylation sites is 1. The van der Waals surface area contributed by atoms with Crippen molar-refractivity contribution in [1.82, 2.24) is 14.8 Å². The minimum atomic E-state index is 0.375. The third-order valence-electron chi connectivity index (χ3n) is 5.85. The molecule has 0 aliphatic heterocycles. The second kappa shape index (κ2) is 11.3. The van der Waals surface area contributed by atoms with Gasteiger partial charge in [0.1, 0.15) is 5.75 Å². The van der Waals surface area contributed by atoms with Gasteiger partial charge in [0, 0.05) is 17.4 Å². The first-order valence-electron chi connectivity index (χ1n) is 11.3. The number of rotatable bonds is 10. The molecule has 1 fully saturated rings. The van der Waals surface area contributed by atoms with E-state index in [4.69, 9.17) is 18.9 Å². The van der Waals surface area contributed by atoms with Gasteiger partial charge in [-0.25, -0.2) is 0 Å². The van der Waals surface area contributed by atoms with Crippen molar-refractivity contribution in [2.75, 3.05) is 33.7 Å². The number of ether oxygens (including phenoxy) is 4. The maximum Gasteiger partial charge on any atom is 0.203 e. The Morgan fingerprint density at radius 2 is 1.61 bits per heavy atom. The average molecular weight is 470 g/mol. The molecule has 0 radical (unpaired) electrons. The maximum atomic E-state index is 5.87. The van der Waals surface area contributed by atoms with Crippen LogP contribution in [0.25, 0.3) is 11.4 Å². The smallest absolute Gasteiger partial charge is 0.203 e. The minimum Gasteiger partial charge on any atom is -0.493 e. The predicted octanol–water partition coefficient (Wildman–Crippen LogP) is 5.65. The van der Waals surface area contributed by atoms with Crippen LogP contribution < -0.4 is 18.9 Å². The van der Waals surface area contributed by atoms with E-state index in [2.05, 4.69) is 14.8 Å². The van der Waals surface area contributed by atoms with Crippen molar-refractivity contribution in [3.8, 4) is 34.4 Å². The molecule has 0 amide bonds. The van der Waals surface area contributed by atoms with Gasteiger partial charge < -0.3 is 18.9 Å². The molecule has 176 valence electrons. The van der Waals surface area contributed by atoms with Crippen LogP contribution in [0.5, 0.6) is 23.0 Å². The molecule has 3 aromatic rings. The Bertz CT molecular complexity index is 1010. The van der Waals surface area contributed by atoms with Crippen LogP contribution in [-0.4, -0.2) is 48.5 Å². The van der Waals surface area contributed by atoms with Gasteiger partial charge in [-0.3, -0.25) is 4.57 Å². The molecule has 0 N–H and O–H groups in total. The number of hydrogen-bond acceptors (Lipinski definition) is 7. The summed E-state index contributed by atoms with van der Waals surface area (Å²) in [6.07, 6.45) is 5.98. The SMILES string of the molecule is COc1cc(-c2nnc(SCCOc3ccccc3)n2C2CCCCC2)cc(OC)c1OC. The highest BCUT2D eigenvalue weighted by Gasteiger charge is 2.25. The zero-order chi connectivity index (χ0) is 23.0. The summed E-state index contributed by atoms with van der Waals surface area (Å²) >= 11 is 1.68. The molecule has 0 atom stereocenters. The van der Waals surface area contributed by atoms with Crippen LogP contribution in [0.4, 0.5) is 0 Å². The highest BCUT2D eigenvalue weighted by atomic mass is 32.2. The molecule has 33 heavy (non-hydrogen) atoms. The fourth-order valence-corrected chi connectivity index (χ4v) is 5.08. The van der Waals surface area contributed by atoms with Crippen LogP contribution in [0.1, 0.15) is 38.1 Å². The quantitative estimate of drug-likeness (QED) is 0.281. The summed E-state index contributed by atoms with van der Waals surface area (Å²) in [5.74, 6) is 4.28. The zero-order valence-electron chi connectivity index (χ0n) is 19.5. The summed E-state index contributed by atoms with van der Waals surface area (Å²) in [6.45, 7) is 0.603. The fourth-order valence-electron chi connectivity index (χ4n) is 4.26. The van der Waals surface area contributed by atoms with Crippen molar-refractivity contribution in [2.24, 2.45) is 0 Å². The lowest BCUT2D eigenvalue weighted by Crippen LogP contribution is -2.15. The Balaban J connectivity index is 1.61. The number of nitrogens with zero attached hydrogens (tertiary/aromatic N) is 3. The normalized spacial score (nSPS) is 14.2. The lowest BCUT2D eigenvalue weighted by molar-refractivity contribution is 0.324. The van der Waals surface area contributed by atoms with E-state index in [-0.39, 0.29) is 0 Å². The molecular weight excluding hydrogens is 438 g/mol. The van der Waals surface area contributed by atoms with Gasteiger partial charge in [-0.1, -0.05) is 49.2 Å². The minimum absolute atomic E-state index is 0.375. The van der Waals surface area contributed by atoms with Crippen molar-refractivity contribution in [2.45, 2.75) is 43.3 Å². The van der Waals surface area contributed by atoms with Gasteiger partial charge >= 0.3 is 0 Å². The molecule has 8 heteroatoms. The summed E-state index contributed by atoms with van der Waals surface area (Å²) in [4.78, 5) is 0. The molecule has 0 unspecified atom stereocenters. The second-order valence-corrected chi connectivity index (χ2v) is 8.95. The first-order valence-corrected chi connectivity index (χ1v) is 12.3. The van der Waals surface area contributed by atoms with Gasteiger partial charge in [0.2, 0.25) is 5.75 Å². The van der Waals surface area contributed by atoms with Gasteiger partial charge in [-0.05, 0) is 37.1 Å². The molecular formula is C25H31N3O4S. The van der Waals surface area contributed by atoms with Crippen molar-refractivity contribution in [1.29, 1.82) is 0 Å². The molecule has 1 heterocycles. The number of thioether (sulfide) groups is 1. The van der Waals surface area contributed by atoms with Gasteiger partial charge in [-0.15, -0.1) is 10.2 Å². The lowest BCUT2D eigenvalue weighted by Gasteiger charge is -2.26. The van der Waals surface area contributed by atoms with Crippen molar-refractivity contribution >= 4 is 11.8 Å². The fraction of sp³-hybridized carbons (Fsp3) is 0.440. The van der Waals surface area contributed by atoms with Crippen LogP contribution >= 0.6 is 11.8 Å². The van der Waals surface area contributed by atoms with E-state index in [0.29, 0.717) is 29.9 Å².